The fourth-order valence-corrected chi connectivity index (χ4v) is 3.15. The lowest BCUT2D eigenvalue weighted by atomic mass is 10.1. The summed E-state index contributed by atoms with van der Waals surface area (Å²) in [6, 6.07) is 7.44. The molecule has 3 nitrogen and oxygen atoms in total. The van der Waals surface area contributed by atoms with E-state index in [0.717, 1.165) is 24.3 Å². The highest BCUT2D eigenvalue weighted by molar-refractivity contribution is 8.14. The molecule has 0 bridgehead atoms. The summed E-state index contributed by atoms with van der Waals surface area (Å²) in [4.78, 5) is 12.1. The lowest BCUT2D eigenvalue weighted by molar-refractivity contribution is 0.269. The van der Waals surface area contributed by atoms with Gasteiger partial charge in [-0.15, -0.1) is 0 Å². The van der Waals surface area contributed by atoms with Crippen LogP contribution in [0.4, 0.5) is 10.5 Å². The zero-order valence-corrected chi connectivity index (χ0v) is 14.2. The molecule has 21 heavy (non-hydrogen) atoms. The summed E-state index contributed by atoms with van der Waals surface area (Å²) in [5, 5.41) is 3.42. The molecule has 0 radical (unpaired) electrons. The van der Waals surface area contributed by atoms with E-state index >= 15 is 0 Å². The van der Waals surface area contributed by atoms with Gasteiger partial charge < -0.3 is 10.1 Å². The van der Waals surface area contributed by atoms with Crippen molar-refractivity contribution >= 4 is 22.7 Å². The largest absolute Gasteiger partial charge is 0.497 e. The number of benzene rings is 1. The van der Waals surface area contributed by atoms with E-state index in [1.54, 1.807) is 7.11 Å². The Morgan fingerprint density at radius 1 is 1.14 bits per heavy atom. The van der Waals surface area contributed by atoms with E-state index in [1.165, 1.54) is 37.4 Å². The molecule has 0 spiro atoms. The van der Waals surface area contributed by atoms with Crippen molar-refractivity contribution in [3.63, 3.8) is 0 Å². The van der Waals surface area contributed by atoms with Gasteiger partial charge in [-0.1, -0.05) is 51.3 Å². The first kappa shape index (κ1) is 17.9. The van der Waals surface area contributed by atoms with Crippen LogP contribution in [-0.2, 0) is 0 Å². The molecule has 1 N–H and O–H groups in total. The molecule has 4 heteroatoms. The van der Waals surface area contributed by atoms with E-state index in [4.69, 9.17) is 4.74 Å². The molecule has 0 atom stereocenters. The van der Waals surface area contributed by atoms with E-state index in [1.807, 2.05) is 24.3 Å². The van der Waals surface area contributed by atoms with E-state index in [-0.39, 0.29) is 5.24 Å². The molecule has 0 fully saturated rings. The van der Waals surface area contributed by atoms with Gasteiger partial charge in [-0.05, 0) is 37.1 Å². The van der Waals surface area contributed by atoms with Gasteiger partial charge in [0.15, 0.2) is 0 Å². The summed E-state index contributed by atoms with van der Waals surface area (Å²) in [6.45, 7) is 4.39. The van der Waals surface area contributed by atoms with Crippen LogP contribution in [-0.4, -0.2) is 17.6 Å². The highest BCUT2D eigenvalue weighted by atomic mass is 32.2. The second-order valence-electron chi connectivity index (χ2n) is 5.17. The number of carbonyl (C=O) groups excluding carboxylic acids is 1. The van der Waals surface area contributed by atoms with Crippen molar-refractivity contribution in [1.82, 2.24) is 0 Å². The Morgan fingerprint density at radius 2 is 1.71 bits per heavy atom. The molecule has 0 aliphatic carbocycles. The highest BCUT2D eigenvalue weighted by Crippen LogP contribution is 2.25. The Kier molecular flexibility index (Phi) is 8.99. The average molecular weight is 309 g/mol. The maximum atomic E-state index is 12.1. The lowest BCUT2D eigenvalue weighted by Crippen LogP contribution is -2.12. The van der Waals surface area contributed by atoms with Gasteiger partial charge in [-0.25, -0.2) is 0 Å². The molecule has 1 aromatic carbocycles. The molecule has 0 aromatic heterocycles. The number of nitrogens with one attached hydrogen (secondary N) is 1. The number of hydrogen-bond acceptors (Lipinski definition) is 3. The molecule has 0 aliphatic heterocycles. The molecule has 0 saturated heterocycles. The van der Waals surface area contributed by atoms with Crippen molar-refractivity contribution in [2.24, 2.45) is 0 Å². The maximum Gasteiger partial charge on any atom is 0.283 e. The van der Waals surface area contributed by atoms with Crippen LogP contribution in [0.5, 0.6) is 5.75 Å². The third-order valence-electron chi connectivity index (χ3n) is 3.37. The average Bonchev–Trinajstić information content (AvgIpc) is 2.50. The lowest BCUT2D eigenvalue weighted by Gasteiger charge is -2.15. The number of thioether (sulfide) groups is 1. The fraction of sp³-hybridized carbons (Fsp3) is 0.588. The van der Waals surface area contributed by atoms with Crippen LogP contribution in [0.3, 0.4) is 0 Å². The number of rotatable bonds is 9. The predicted molar refractivity (Wildman–Crippen MR) is 92.4 cm³/mol. The van der Waals surface area contributed by atoms with Crippen molar-refractivity contribution < 1.29 is 9.53 Å². The minimum absolute atomic E-state index is 0.0392. The molecular weight excluding hydrogens is 282 g/mol. The molecule has 1 aromatic rings. The number of carbonyl (C=O) groups is 1. The van der Waals surface area contributed by atoms with Gasteiger partial charge in [0.05, 0.1) is 7.11 Å². The number of anilines is 1. The first-order valence-electron chi connectivity index (χ1n) is 7.81. The molecule has 0 heterocycles. The normalized spacial score (nSPS) is 10.7. The molecule has 0 saturated carbocycles. The molecule has 0 aliphatic rings. The van der Waals surface area contributed by atoms with E-state index in [0.29, 0.717) is 5.25 Å². The number of methoxy groups -OCH3 is 1. The van der Waals surface area contributed by atoms with Crippen LogP contribution >= 0.6 is 11.8 Å². The first-order valence-corrected chi connectivity index (χ1v) is 8.69. The Labute approximate surface area is 132 Å². The van der Waals surface area contributed by atoms with Gasteiger partial charge >= 0.3 is 0 Å². The summed E-state index contributed by atoms with van der Waals surface area (Å²) >= 11 is 1.45. The minimum Gasteiger partial charge on any atom is -0.497 e. The van der Waals surface area contributed by atoms with Gasteiger partial charge in [-0.2, -0.15) is 0 Å². The van der Waals surface area contributed by atoms with Crippen molar-refractivity contribution in [3.05, 3.63) is 24.3 Å². The van der Waals surface area contributed by atoms with Gasteiger partial charge in [0.1, 0.15) is 5.75 Å². The Bertz CT molecular complexity index is 398. The monoisotopic (exact) mass is 309 g/mol. The topological polar surface area (TPSA) is 38.3 Å². The SMILES string of the molecule is CCCCC(CCCC)SC(=O)Nc1ccc(OC)cc1. The quantitative estimate of drug-likeness (QED) is 0.635. The first-order chi connectivity index (χ1) is 10.2. The van der Waals surface area contributed by atoms with Crippen LogP contribution in [0.2, 0.25) is 0 Å². The van der Waals surface area contributed by atoms with Gasteiger partial charge in [0.25, 0.3) is 5.24 Å². The van der Waals surface area contributed by atoms with Gasteiger partial charge in [0, 0.05) is 10.9 Å². The Hall–Kier alpha value is -1.16. The van der Waals surface area contributed by atoms with E-state index < -0.39 is 0 Å². The van der Waals surface area contributed by atoms with Crippen molar-refractivity contribution in [2.75, 3.05) is 12.4 Å². The zero-order chi connectivity index (χ0) is 15.5. The van der Waals surface area contributed by atoms with Crippen LogP contribution in [0, 0.1) is 0 Å². The summed E-state index contributed by atoms with van der Waals surface area (Å²) < 4.78 is 5.11. The second-order valence-corrected chi connectivity index (χ2v) is 6.44. The van der Waals surface area contributed by atoms with Crippen LogP contribution < -0.4 is 10.1 Å². The van der Waals surface area contributed by atoms with Crippen LogP contribution in [0.1, 0.15) is 52.4 Å². The summed E-state index contributed by atoms with van der Waals surface area (Å²) in [7, 11) is 1.63. The molecule has 0 unspecified atom stereocenters. The third-order valence-corrected chi connectivity index (χ3v) is 4.49. The van der Waals surface area contributed by atoms with E-state index in [2.05, 4.69) is 19.2 Å². The summed E-state index contributed by atoms with van der Waals surface area (Å²) in [5.74, 6) is 0.796. The smallest absolute Gasteiger partial charge is 0.283 e. The van der Waals surface area contributed by atoms with Crippen LogP contribution in [0.15, 0.2) is 24.3 Å². The predicted octanol–water partition coefficient (Wildman–Crippen LogP) is 5.71. The Morgan fingerprint density at radius 3 is 2.19 bits per heavy atom. The molecule has 1 amide bonds. The van der Waals surface area contributed by atoms with Crippen molar-refractivity contribution in [2.45, 2.75) is 57.6 Å². The number of hydrogen-bond donors (Lipinski definition) is 1. The standard InChI is InChI=1S/C17H27NO2S/c1-4-6-8-16(9-7-5-2)21-17(19)18-14-10-12-15(20-3)13-11-14/h10-13,16H,4-9H2,1-3H3,(H,18,19). The van der Waals surface area contributed by atoms with Gasteiger partial charge in [-0.3, -0.25) is 4.79 Å². The summed E-state index contributed by atoms with van der Waals surface area (Å²) in [5.41, 5.74) is 0.818. The van der Waals surface area contributed by atoms with Crippen LogP contribution in [0.25, 0.3) is 0 Å². The van der Waals surface area contributed by atoms with E-state index in [9.17, 15) is 4.79 Å². The fourth-order valence-electron chi connectivity index (χ4n) is 2.10. The molecule has 1 rings (SSSR count). The molecule has 118 valence electrons. The summed E-state index contributed by atoms with van der Waals surface area (Å²) in [6.07, 6.45) is 7.00. The number of amides is 1. The molecular formula is C17H27NO2S. The van der Waals surface area contributed by atoms with Gasteiger partial charge in [0.2, 0.25) is 0 Å². The van der Waals surface area contributed by atoms with Crippen molar-refractivity contribution in [3.8, 4) is 5.75 Å². The third kappa shape index (κ3) is 7.42. The van der Waals surface area contributed by atoms with Crippen molar-refractivity contribution in [1.29, 1.82) is 0 Å². The second kappa shape index (κ2) is 10.6. The zero-order valence-electron chi connectivity index (χ0n) is 13.4. The minimum atomic E-state index is 0.0392. The highest BCUT2D eigenvalue weighted by Gasteiger charge is 2.14. The maximum absolute atomic E-state index is 12.1. The number of ether oxygens (including phenoxy) is 1. The number of unbranched alkanes of at least 4 members (excludes halogenated alkanes) is 2. The Balaban J connectivity index is 2.47.